The topological polar surface area (TPSA) is 49.2 Å². The Kier molecular flexibility index (Phi) is 3.39. The molecule has 88 valence electrons. The van der Waals surface area contributed by atoms with Gasteiger partial charge in [0.2, 0.25) is 5.95 Å². The van der Waals surface area contributed by atoms with Crippen LogP contribution in [0.25, 0.3) is 0 Å². The van der Waals surface area contributed by atoms with E-state index >= 15 is 0 Å². The lowest BCUT2D eigenvalue weighted by molar-refractivity contribution is 0.122. The van der Waals surface area contributed by atoms with Crippen molar-refractivity contribution < 1.29 is 5.11 Å². The zero-order valence-electron chi connectivity index (χ0n) is 9.93. The van der Waals surface area contributed by atoms with Crippen LogP contribution >= 0.6 is 0 Å². The van der Waals surface area contributed by atoms with Crippen LogP contribution in [-0.2, 0) is 0 Å². The van der Waals surface area contributed by atoms with E-state index in [2.05, 4.69) is 14.9 Å². The highest BCUT2D eigenvalue weighted by Gasteiger charge is 2.23. The number of aryl methyl sites for hydroxylation is 1. The molecule has 2 rings (SSSR count). The Bertz CT molecular complexity index is 348. The third-order valence-electron chi connectivity index (χ3n) is 3.31. The minimum atomic E-state index is -0.108. The second kappa shape index (κ2) is 4.78. The molecule has 0 aromatic carbocycles. The van der Waals surface area contributed by atoms with Gasteiger partial charge in [0.1, 0.15) is 0 Å². The smallest absolute Gasteiger partial charge is 0.225 e. The zero-order valence-corrected chi connectivity index (χ0v) is 9.93. The molecule has 0 radical (unpaired) electrons. The fourth-order valence-corrected chi connectivity index (χ4v) is 2.21. The number of aromatic nitrogens is 2. The number of aliphatic hydroxyl groups is 1. The summed E-state index contributed by atoms with van der Waals surface area (Å²) in [6.45, 7) is 1.98. The molecule has 0 saturated heterocycles. The van der Waals surface area contributed by atoms with Gasteiger partial charge in [-0.15, -0.1) is 0 Å². The fourth-order valence-electron chi connectivity index (χ4n) is 2.21. The van der Waals surface area contributed by atoms with Gasteiger partial charge < -0.3 is 10.0 Å². The van der Waals surface area contributed by atoms with E-state index in [1.807, 2.05) is 20.0 Å². The molecule has 1 heterocycles. The molecule has 16 heavy (non-hydrogen) atoms. The number of rotatable bonds is 2. The van der Waals surface area contributed by atoms with Crippen LogP contribution < -0.4 is 4.90 Å². The molecule has 0 unspecified atom stereocenters. The maximum absolute atomic E-state index is 9.47. The van der Waals surface area contributed by atoms with Gasteiger partial charge in [-0.3, -0.25) is 0 Å². The van der Waals surface area contributed by atoms with Gasteiger partial charge in [-0.05, 0) is 38.7 Å². The van der Waals surface area contributed by atoms with Gasteiger partial charge >= 0.3 is 0 Å². The summed E-state index contributed by atoms with van der Waals surface area (Å²) in [5.41, 5.74) is 0.993. The summed E-state index contributed by atoms with van der Waals surface area (Å²) in [5.74, 6) is 0.793. The van der Waals surface area contributed by atoms with Crippen molar-refractivity contribution in [3.8, 4) is 0 Å². The Hall–Kier alpha value is -1.16. The Morgan fingerprint density at radius 3 is 2.62 bits per heavy atom. The molecule has 1 aliphatic carbocycles. The number of nitrogens with zero attached hydrogens (tertiary/aromatic N) is 3. The zero-order chi connectivity index (χ0) is 11.5. The Labute approximate surface area is 96.3 Å². The van der Waals surface area contributed by atoms with E-state index in [9.17, 15) is 5.11 Å². The van der Waals surface area contributed by atoms with Gasteiger partial charge in [-0.1, -0.05) is 0 Å². The van der Waals surface area contributed by atoms with Crippen molar-refractivity contribution in [3.63, 3.8) is 0 Å². The second-order valence-electron chi connectivity index (χ2n) is 4.57. The summed E-state index contributed by atoms with van der Waals surface area (Å²) in [7, 11) is 2.04. The minimum absolute atomic E-state index is 0.108. The van der Waals surface area contributed by atoms with Crippen molar-refractivity contribution >= 4 is 5.95 Å². The molecule has 1 aliphatic rings. The van der Waals surface area contributed by atoms with Gasteiger partial charge in [0.15, 0.2) is 0 Å². The van der Waals surface area contributed by atoms with E-state index in [0.29, 0.717) is 6.04 Å². The van der Waals surface area contributed by atoms with Crippen molar-refractivity contribution in [2.45, 2.75) is 44.8 Å². The molecule has 1 fully saturated rings. The predicted molar refractivity (Wildman–Crippen MR) is 63.4 cm³/mol. The third kappa shape index (κ3) is 2.50. The molecule has 0 spiro atoms. The van der Waals surface area contributed by atoms with Crippen molar-refractivity contribution in [2.24, 2.45) is 0 Å². The van der Waals surface area contributed by atoms with E-state index in [4.69, 9.17) is 0 Å². The predicted octanol–water partition coefficient (Wildman–Crippen LogP) is 1.52. The first-order valence-electron chi connectivity index (χ1n) is 5.87. The summed E-state index contributed by atoms with van der Waals surface area (Å²) in [6, 6.07) is 2.37. The van der Waals surface area contributed by atoms with Crippen LogP contribution in [0.4, 0.5) is 5.95 Å². The highest BCUT2D eigenvalue weighted by atomic mass is 16.3. The van der Waals surface area contributed by atoms with Gasteiger partial charge in [0.05, 0.1) is 6.10 Å². The molecule has 0 bridgehead atoms. The summed E-state index contributed by atoms with van der Waals surface area (Å²) >= 11 is 0. The van der Waals surface area contributed by atoms with Crippen molar-refractivity contribution in [1.82, 2.24) is 9.97 Å². The van der Waals surface area contributed by atoms with Crippen molar-refractivity contribution in [2.75, 3.05) is 11.9 Å². The first-order valence-corrected chi connectivity index (χ1v) is 5.87. The molecule has 1 saturated carbocycles. The molecule has 4 heteroatoms. The average molecular weight is 221 g/mol. The number of aliphatic hydroxyl groups excluding tert-OH is 1. The maximum atomic E-state index is 9.47. The molecule has 0 amide bonds. The van der Waals surface area contributed by atoms with E-state index in [-0.39, 0.29) is 6.10 Å². The molecular weight excluding hydrogens is 202 g/mol. The fraction of sp³-hybridized carbons (Fsp3) is 0.667. The highest BCUT2D eigenvalue weighted by molar-refractivity contribution is 5.30. The van der Waals surface area contributed by atoms with Crippen LogP contribution in [-0.4, -0.2) is 34.3 Å². The van der Waals surface area contributed by atoms with Crippen LogP contribution in [0, 0.1) is 6.92 Å². The van der Waals surface area contributed by atoms with Crippen LogP contribution in [0.15, 0.2) is 12.3 Å². The molecule has 1 N–H and O–H groups in total. The lowest BCUT2D eigenvalue weighted by Gasteiger charge is -2.33. The summed E-state index contributed by atoms with van der Waals surface area (Å²) in [6.07, 6.45) is 5.51. The molecule has 0 atom stereocenters. The SMILES string of the molecule is Cc1ccnc(N(C)C2CCC(O)CC2)n1. The Balaban J connectivity index is 2.04. The van der Waals surface area contributed by atoms with Gasteiger partial charge in [-0.2, -0.15) is 0 Å². The quantitative estimate of drug-likeness (QED) is 0.822. The Morgan fingerprint density at radius 1 is 1.31 bits per heavy atom. The van der Waals surface area contributed by atoms with Crippen LogP contribution in [0.2, 0.25) is 0 Å². The summed E-state index contributed by atoms with van der Waals surface area (Å²) in [4.78, 5) is 10.8. The normalized spacial score (nSPS) is 25.4. The monoisotopic (exact) mass is 221 g/mol. The van der Waals surface area contributed by atoms with Crippen LogP contribution in [0.1, 0.15) is 31.4 Å². The standard InChI is InChI=1S/C12H19N3O/c1-9-7-8-13-12(14-9)15(2)10-3-5-11(16)6-4-10/h7-8,10-11,16H,3-6H2,1-2H3. The third-order valence-corrected chi connectivity index (χ3v) is 3.31. The molecular formula is C12H19N3O. The lowest BCUT2D eigenvalue weighted by atomic mass is 9.92. The van der Waals surface area contributed by atoms with Crippen LogP contribution in [0.3, 0.4) is 0 Å². The number of hydrogen-bond donors (Lipinski definition) is 1. The number of hydrogen-bond acceptors (Lipinski definition) is 4. The van der Waals surface area contributed by atoms with Gasteiger partial charge in [0.25, 0.3) is 0 Å². The maximum Gasteiger partial charge on any atom is 0.225 e. The molecule has 0 aliphatic heterocycles. The van der Waals surface area contributed by atoms with E-state index in [1.54, 1.807) is 6.20 Å². The van der Waals surface area contributed by atoms with E-state index in [1.165, 1.54) is 0 Å². The average Bonchev–Trinajstić information content (AvgIpc) is 2.29. The van der Waals surface area contributed by atoms with Gasteiger partial charge in [0, 0.05) is 25.0 Å². The molecule has 1 aromatic rings. The van der Waals surface area contributed by atoms with Gasteiger partial charge in [-0.25, -0.2) is 9.97 Å². The summed E-state index contributed by atoms with van der Waals surface area (Å²) in [5, 5.41) is 9.47. The van der Waals surface area contributed by atoms with Crippen molar-refractivity contribution in [3.05, 3.63) is 18.0 Å². The second-order valence-corrected chi connectivity index (χ2v) is 4.57. The number of anilines is 1. The highest BCUT2D eigenvalue weighted by Crippen LogP contribution is 2.24. The minimum Gasteiger partial charge on any atom is -0.393 e. The van der Waals surface area contributed by atoms with Crippen molar-refractivity contribution in [1.29, 1.82) is 0 Å². The first-order chi connectivity index (χ1) is 7.66. The molecule has 4 nitrogen and oxygen atoms in total. The van der Waals surface area contributed by atoms with E-state index in [0.717, 1.165) is 37.3 Å². The first kappa shape index (κ1) is 11.3. The molecule has 1 aromatic heterocycles. The van der Waals surface area contributed by atoms with Crippen LogP contribution in [0.5, 0.6) is 0 Å². The lowest BCUT2D eigenvalue weighted by Crippen LogP contribution is -2.37. The summed E-state index contributed by atoms with van der Waals surface area (Å²) < 4.78 is 0. The Morgan fingerprint density at radius 2 is 2.00 bits per heavy atom. The largest absolute Gasteiger partial charge is 0.393 e. The van der Waals surface area contributed by atoms with E-state index < -0.39 is 0 Å².